The minimum absolute atomic E-state index is 0.103. The molecule has 1 aliphatic heterocycles. The van der Waals surface area contributed by atoms with E-state index in [1.54, 1.807) is 12.1 Å². The maximum atomic E-state index is 12.9. The van der Waals surface area contributed by atoms with E-state index in [1.807, 2.05) is 0 Å². The Hall–Kier alpha value is -1.68. The van der Waals surface area contributed by atoms with Gasteiger partial charge in [0, 0.05) is 19.5 Å². The third-order valence-electron chi connectivity index (χ3n) is 5.78. The van der Waals surface area contributed by atoms with Crippen LogP contribution >= 0.6 is 0 Å². The summed E-state index contributed by atoms with van der Waals surface area (Å²) in [5, 5.41) is 2.94. The molecule has 1 saturated heterocycles. The number of benzene rings is 1. The Balaban J connectivity index is 1.28. The number of nitrogens with one attached hydrogen (secondary N) is 1. The largest absolute Gasteiger partial charge is 0.352 e. The molecular weight excluding hydrogens is 327 g/mol. The number of hydrogen-bond acceptors (Lipinski definition) is 2. The number of piperidine rings is 1. The second-order valence-corrected chi connectivity index (χ2v) is 7.84. The summed E-state index contributed by atoms with van der Waals surface area (Å²) >= 11 is 0. The molecule has 0 radical (unpaired) electrons. The Morgan fingerprint density at radius 1 is 1.08 bits per heavy atom. The zero-order chi connectivity index (χ0) is 18.2. The lowest BCUT2D eigenvalue weighted by atomic mass is 9.89. The smallest absolute Gasteiger partial charge is 0.220 e. The molecule has 1 N–H and O–H groups in total. The topological polar surface area (TPSA) is 32.3 Å². The minimum atomic E-state index is -0.244. The van der Waals surface area contributed by atoms with Crippen molar-refractivity contribution >= 4 is 5.91 Å². The van der Waals surface area contributed by atoms with E-state index in [9.17, 15) is 9.18 Å². The first kappa shape index (κ1) is 19.1. The van der Waals surface area contributed by atoms with Crippen molar-refractivity contribution in [2.75, 3.05) is 19.6 Å². The number of halogens is 1. The molecule has 3 rings (SSSR count). The Morgan fingerprint density at radius 2 is 1.85 bits per heavy atom. The Labute approximate surface area is 156 Å². The van der Waals surface area contributed by atoms with Gasteiger partial charge in [0.2, 0.25) is 5.91 Å². The fourth-order valence-electron chi connectivity index (χ4n) is 4.07. The van der Waals surface area contributed by atoms with Crippen LogP contribution in [0.5, 0.6) is 0 Å². The van der Waals surface area contributed by atoms with Crippen molar-refractivity contribution in [2.45, 2.75) is 51.5 Å². The molecule has 1 aromatic carbocycles. The predicted octanol–water partition coefficient (Wildman–Crippen LogP) is 4.29. The molecule has 4 heteroatoms. The Bertz CT molecular complexity index is 591. The van der Waals surface area contributed by atoms with Gasteiger partial charge in [-0.2, -0.15) is 0 Å². The van der Waals surface area contributed by atoms with Crippen LogP contribution in [0.3, 0.4) is 0 Å². The third-order valence-corrected chi connectivity index (χ3v) is 5.78. The highest BCUT2D eigenvalue weighted by Crippen LogP contribution is 2.25. The molecular formula is C22H31FN2O. The third kappa shape index (κ3) is 6.24. The summed E-state index contributed by atoms with van der Waals surface area (Å²) in [6.45, 7) is 4.09. The first-order valence-corrected chi connectivity index (χ1v) is 10.1. The highest BCUT2D eigenvalue weighted by molar-refractivity contribution is 5.75. The molecule has 0 bridgehead atoms. The lowest BCUT2D eigenvalue weighted by Crippen LogP contribution is -2.37. The molecule has 2 aliphatic rings. The fraction of sp³-hybridized carbons (Fsp3) is 0.591. The normalized spacial score (nSPS) is 21.7. The van der Waals surface area contributed by atoms with Crippen LogP contribution in [0.2, 0.25) is 0 Å². The van der Waals surface area contributed by atoms with Crippen molar-refractivity contribution < 1.29 is 9.18 Å². The van der Waals surface area contributed by atoms with E-state index in [0.29, 0.717) is 18.9 Å². The SMILES string of the molecule is O=C(CCC1CCN(C[C@H]2CC=CCC2)CC1)NCc1ccc(F)cc1. The van der Waals surface area contributed by atoms with Crippen molar-refractivity contribution in [3.05, 3.63) is 47.8 Å². The average molecular weight is 359 g/mol. The van der Waals surface area contributed by atoms with E-state index in [-0.39, 0.29) is 11.7 Å². The maximum absolute atomic E-state index is 12.9. The first-order chi connectivity index (χ1) is 12.7. The van der Waals surface area contributed by atoms with Gasteiger partial charge >= 0.3 is 0 Å². The van der Waals surface area contributed by atoms with Crippen LogP contribution in [0.25, 0.3) is 0 Å². The molecule has 26 heavy (non-hydrogen) atoms. The van der Waals surface area contributed by atoms with Crippen LogP contribution < -0.4 is 5.32 Å². The molecule has 0 unspecified atom stereocenters. The van der Waals surface area contributed by atoms with E-state index < -0.39 is 0 Å². The summed E-state index contributed by atoms with van der Waals surface area (Å²) in [6.07, 6.45) is 12.5. The molecule has 3 nitrogen and oxygen atoms in total. The van der Waals surface area contributed by atoms with Crippen LogP contribution in [0.15, 0.2) is 36.4 Å². The second kappa shape index (κ2) is 9.86. The minimum Gasteiger partial charge on any atom is -0.352 e. The Morgan fingerprint density at radius 3 is 2.54 bits per heavy atom. The fourth-order valence-corrected chi connectivity index (χ4v) is 4.07. The van der Waals surface area contributed by atoms with Crippen molar-refractivity contribution in [3.8, 4) is 0 Å². The van der Waals surface area contributed by atoms with Gasteiger partial charge < -0.3 is 10.2 Å². The van der Waals surface area contributed by atoms with Gasteiger partial charge in [-0.1, -0.05) is 24.3 Å². The molecule has 1 aliphatic carbocycles. The first-order valence-electron chi connectivity index (χ1n) is 10.1. The quantitative estimate of drug-likeness (QED) is 0.738. The Kier molecular flexibility index (Phi) is 7.24. The van der Waals surface area contributed by atoms with Crippen molar-refractivity contribution in [3.63, 3.8) is 0 Å². The standard InChI is InChI=1S/C22H31FN2O/c23-21-9-6-19(7-10-21)16-24-22(26)11-8-18-12-14-25(15-13-18)17-20-4-2-1-3-5-20/h1-2,6-7,9-10,18,20H,3-5,8,11-17H2,(H,24,26)/t20-/m0/s1. The number of carbonyl (C=O) groups is 1. The number of amides is 1. The monoisotopic (exact) mass is 358 g/mol. The van der Waals surface area contributed by atoms with Gasteiger partial charge in [-0.25, -0.2) is 4.39 Å². The van der Waals surface area contributed by atoms with E-state index in [0.717, 1.165) is 17.9 Å². The van der Waals surface area contributed by atoms with Crippen LogP contribution in [0.4, 0.5) is 4.39 Å². The summed E-state index contributed by atoms with van der Waals surface area (Å²) < 4.78 is 12.9. The van der Waals surface area contributed by atoms with Gasteiger partial charge in [0.1, 0.15) is 5.82 Å². The summed E-state index contributed by atoms with van der Waals surface area (Å²) in [7, 11) is 0. The van der Waals surface area contributed by atoms with Gasteiger partial charge in [0.05, 0.1) is 0 Å². The summed E-state index contributed by atoms with van der Waals surface area (Å²) in [5.74, 6) is 1.37. The number of hydrogen-bond donors (Lipinski definition) is 1. The van der Waals surface area contributed by atoms with Gasteiger partial charge in [-0.3, -0.25) is 4.79 Å². The number of allylic oxidation sites excluding steroid dienone is 2. The molecule has 1 fully saturated rings. The predicted molar refractivity (Wildman–Crippen MR) is 103 cm³/mol. The molecule has 1 heterocycles. The highest BCUT2D eigenvalue weighted by Gasteiger charge is 2.22. The van der Waals surface area contributed by atoms with Crippen LogP contribution in [0.1, 0.15) is 50.5 Å². The van der Waals surface area contributed by atoms with Gasteiger partial charge in [0.25, 0.3) is 0 Å². The van der Waals surface area contributed by atoms with E-state index in [1.165, 1.54) is 63.9 Å². The summed E-state index contributed by atoms with van der Waals surface area (Å²) in [6, 6.07) is 6.29. The van der Waals surface area contributed by atoms with Crippen molar-refractivity contribution in [2.24, 2.45) is 11.8 Å². The maximum Gasteiger partial charge on any atom is 0.220 e. The summed E-state index contributed by atoms with van der Waals surface area (Å²) in [5.41, 5.74) is 0.936. The van der Waals surface area contributed by atoms with Crippen LogP contribution in [-0.2, 0) is 11.3 Å². The van der Waals surface area contributed by atoms with Crippen LogP contribution in [0, 0.1) is 17.7 Å². The second-order valence-electron chi connectivity index (χ2n) is 7.84. The zero-order valence-corrected chi connectivity index (χ0v) is 15.6. The highest BCUT2D eigenvalue weighted by atomic mass is 19.1. The van der Waals surface area contributed by atoms with Gasteiger partial charge in [-0.05, 0) is 81.1 Å². The van der Waals surface area contributed by atoms with Gasteiger partial charge in [0.15, 0.2) is 0 Å². The lowest BCUT2D eigenvalue weighted by Gasteiger charge is -2.34. The summed E-state index contributed by atoms with van der Waals surface area (Å²) in [4.78, 5) is 14.7. The lowest BCUT2D eigenvalue weighted by molar-refractivity contribution is -0.121. The average Bonchev–Trinajstić information content (AvgIpc) is 2.68. The zero-order valence-electron chi connectivity index (χ0n) is 15.6. The number of nitrogens with zero attached hydrogens (tertiary/aromatic N) is 1. The van der Waals surface area contributed by atoms with Crippen LogP contribution in [-0.4, -0.2) is 30.4 Å². The molecule has 1 amide bonds. The van der Waals surface area contributed by atoms with E-state index >= 15 is 0 Å². The van der Waals surface area contributed by atoms with Gasteiger partial charge in [-0.15, -0.1) is 0 Å². The number of rotatable bonds is 7. The molecule has 142 valence electrons. The molecule has 0 aromatic heterocycles. The molecule has 1 aromatic rings. The van der Waals surface area contributed by atoms with E-state index in [4.69, 9.17) is 0 Å². The molecule has 0 saturated carbocycles. The number of likely N-dealkylation sites (tertiary alicyclic amines) is 1. The molecule has 1 atom stereocenters. The van der Waals surface area contributed by atoms with E-state index in [2.05, 4.69) is 22.4 Å². The van der Waals surface area contributed by atoms with Crippen molar-refractivity contribution in [1.29, 1.82) is 0 Å². The van der Waals surface area contributed by atoms with Crippen molar-refractivity contribution in [1.82, 2.24) is 10.2 Å². The molecule has 0 spiro atoms. The number of carbonyl (C=O) groups excluding carboxylic acids is 1.